The highest BCUT2D eigenvalue weighted by Gasteiger charge is 2.45. The van der Waals surface area contributed by atoms with Crippen LogP contribution >= 0.6 is 11.6 Å². The lowest BCUT2D eigenvalue weighted by atomic mass is 9.91. The van der Waals surface area contributed by atoms with E-state index in [9.17, 15) is 19.1 Å². The summed E-state index contributed by atoms with van der Waals surface area (Å²) in [7, 11) is 0. The second-order valence-electron chi connectivity index (χ2n) is 6.86. The topological polar surface area (TPSA) is 57.6 Å². The summed E-state index contributed by atoms with van der Waals surface area (Å²) < 4.78 is 14.6. The zero-order valence-electron chi connectivity index (χ0n) is 14.9. The summed E-state index contributed by atoms with van der Waals surface area (Å²) in [5.74, 6) is -2.32. The van der Waals surface area contributed by atoms with E-state index in [1.165, 1.54) is 29.2 Å². The maximum atomic E-state index is 14.6. The molecule has 1 heterocycles. The molecule has 1 atom stereocenters. The molecule has 1 amide bonds. The Bertz CT molecular complexity index is 939. The van der Waals surface area contributed by atoms with Crippen molar-refractivity contribution in [3.8, 4) is 0 Å². The fraction of sp³-hybridized carbons (Fsp3) is 0.238. The quantitative estimate of drug-likeness (QED) is 0.785. The third-order valence-corrected chi connectivity index (χ3v) is 4.62. The highest BCUT2D eigenvalue weighted by Crippen LogP contribution is 2.42. The molecule has 1 unspecified atom stereocenters. The smallest absolute Gasteiger partial charge is 0.294 e. The van der Waals surface area contributed by atoms with Gasteiger partial charge in [0, 0.05) is 22.7 Å². The van der Waals surface area contributed by atoms with Crippen molar-refractivity contribution in [2.24, 2.45) is 5.92 Å². The molecule has 4 nitrogen and oxygen atoms in total. The van der Waals surface area contributed by atoms with Crippen LogP contribution in [-0.4, -0.2) is 16.8 Å². The van der Waals surface area contributed by atoms with E-state index in [1.54, 1.807) is 24.3 Å². The summed E-state index contributed by atoms with van der Waals surface area (Å²) in [5, 5.41) is 10.9. The summed E-state index contributed by atoms with van der Waals surface area (Å²) in [4.78, 5) is 26.8. The van der Waals surface area contributed by atoms with Crippen molar-refractivity contribution < 1.29 is 19.1 Å². The van der Waals surface area contributed by atoms with Crippen LogP contribution in [0.2, 0.25) is 5.02 Å². The van der Waals surface area contributed by atoms with Gasteiger partial charge in [0.2, 0.25) is 0 Å². The van der Waals surface area contributed by atoms with Gasteiger partial charge in [-0.05, 0) is 30.2 Å². The molecule has 0 fully saturated rings. The summed E-state index contributed by atoms with van der Waals surface area (Å²) >= 11 is 6.05. The van der Waals surface area contributed by atoms with Crippen LogP contribution in [0.4, 0.5) is 10.1 Å². The van der Waals surface area contributed by atoms with Crippen molar-refractivity contribution in [3.63, 3.8) is 0 Å². The maximum absolute atomic E-state index is 14.6. The number of benzene rings is 2. The highest BCUT2D eigenvalue weighted by molar-refractivity contribution is 6.31. The van der Waals surface area contributed by atoms with Crippen LogP contribution in [0.25, 0.3) is 0 Å². The molecule has 2 aromatic carbocycles. The van der Waals surface area contributed by atoms with Gasteiger partial charge in [-0.1, -0.05) is 49.7 Å². The van der Waals surface area contributed by atoms with Gasteiger partial charge in [0.1, 0.15) is 5.82 Å². The Balaban J connectivity index is 2.19. The van der Waals surface area contributed by atoms with E-state index in [0.29, 0.717) is 10.7 Å². The molecule has 1 N–H and O–H groups in total. The predicted molar refractivity (Wildman–Crippen MR) is 102 cm³/mol. The fourth-order valence-corrected chi connectivity index (χ4v) is 3.44. The summed E-state index contributed by atoms with van der Waals surface area (Å²) in [5.41, 5.74) is 0.431. The molecule has 0 aromatic heterocycles. The number of halogens is 2. The molecule has 0 aliphatic carbocycles. The van der Waals surface area contributed by atoms with Gasteiger partial charge < -0.3 is 5.11 Å². The van der Waals surface area contributed by atoms with Gasteiger partial charge >= 0.3 is 0 Å². The predicted octanol–water partition coefficient (Wildman–Crippen LogP) is 4.99. The van der Waals surface area contributed by atoms with Gasteiger partial charge in [-0.25, -0.2) is 4.39 Å². The van der Waals surface area contributed by atoms with Gasteiger partial charge in [0.25, 0.3) is 5.91 Å². The number of aliphatic hydroxyl groups is 1. The number of Topliss-reactive ketones (excluding diaryl/α,β-unsaturated/α-hetero) is 1. The number of amides is 1. The Morgan fingerprint density at radius 3 is 2.56 bits per heavy atom. The van der Waals surface area contributed by atoms with Crippen molar-refractivity contribution in [1.82, 2.24) is 0 Å². The third-order valence-electron chi connectivity index (χ3n) is 4.39. The van der Waals surface area contributed by atoms with E-state index in [1.807, 2.05) is 13.8 Å². The molecule has 0 bridgehead atoms. The van der Waals surface area contributed by atoms with Crippen molar-refractivity contribution in [1.29, 1.82) is 0 Å². The monoisotopic (exact) mass is 387 g/mol. The van der Waals surface area contributed by atoms with Crippen LogP contribution in [0.3, 0.4) is 0 Å². The van der Waals surface area contributed by atoms with Gasteiger partial charge in [0.15, 0.2) is 11.5 Å². The number of anilines is 1. The number of hydrogen-bond donors (Lipinski definition) is 1. The third kappa shape index (κ3) is 3.60. The average Bonchev–Trinajstić information content (AvgIpc) is 2.86. The van der Waals surface area contributed by atoms with Crippen LogP contribution in [0, 0.1) is 11.7 Å². The lowest BCUT2D eigenvalue weighted by molar-refractivity contribution is -0.118. The normalized spacial score (nSPS) is 17.1. The Morgan fingerprint density at radius 2 is 1.93 bits per heavy atom. The number of carbonyl (C=O) groups is 2. The second-order valence-corrected chi connectivity index (χ2v) is 7.30. The van der Waals surface area contributed by atoms with E-state index >= 15 is 0 Å². The minimum Gasteiger partial charge on any atom is -0.503 e. The summed E-state index contributed by atoms with van der Waals surface area (Å²) in [6.07, 6.45) is 0.140. The molecule has 1 aliphatic rings. The molecule has 140 valence electrons. The molecule has 6 heteroatoms. The van der Waals surface area contributed by atoms with Crippen molar-refractivity contribution >= 4 is 29.0 Å². The molecular weight excluding hydrogens is 369 g/mol. The summed E-state index contributed by atoms with van der Waals surface area (Å²) in [6.45, 7) is 3.72. The van der Waals surface area contributed by atoms with E-state index in [2.05, 4.69) is 0 Å². The van der Waals surface area contributed by atoms with Crippen molar-refractivity contribution in [3.05, 3.63) is 76.3 Å². The fourth-order valence-electron chi connectivity index (χ4n) is 3.25. The summed E-state index contributed by atoms with van der Waals surface area (Å²) in [6, 6.07) is 11.3. The van der Waals surface area contributed by atoms with Gasteiger partial charge in [-0.2, -0.15) is 0 Å². The zero-order chi connectivity index (χ0) is 19.7. The first-order valence-electron chi connectivity index (χ1n) is 8.61. The van der Waals surface area contributed by atoms with E-state index in [-0.39, 0.29) is 29.3 Å². The molecule has 3 rings (SSSR count). The van der Waals surface area contributed by atoms with Crippen molar-refractivity contribution in [2.45, 2.75) is 26.3 Å². The van der Waals surface area contributed by atoms with E-state index < -0.39 is 23.5 Å². The van der Waals surface area contributed by atoms with Crippen LogP contribution in [0.5, 0.6) is 0 Å². The molecule has 27 heavy (non-hydrogen) atoms. The van der Waals surface area contributed by atoms with Gasteiger partial charge in [-0.15, -0.1) is 0 Å². The largest absolute Gasteiger partial charge is 0.503 e. The first-order valence-corrected chi connectivity index (χ1v) is 8.99. The molecule has 0 saturated carbocycles. The number of ketones is 1. The zero-order valence-corrected chi connectivity index (χ0v) is 15.7. The first-order chi connectivity index (χ1) is 12.8. The molecule has 0 saturated heterocycles. The molecule has 2 aromatic rings. The van der Waals surface area contributed by atoms with Crippen molar-refractivity contribution in [2.75, 3.05) is 4.90 Å². The maximum Gasteiger partial charge on any atom is 0.294 e. The number of carbonyl (C=O) groups excluding carboxylic acids is 2. The number of nitrogens with zero attached hydrogens (tertiary/aromatic N) is 1. The Morgan fingerprint density at radius 1 is 1.22 bits per heavy atom. The second kappa shape index (κ2) is 7.53. The average molecular weight is 388 g/mol. The lowest BCUT2D eigenvalue weighted by Crippen LogP contribution is -2.31. The number of rotatable bonds is 5. The highest BCUT2D eigenvalue weighted by atomic mass is 35.5. The standard InChI is InChI=1S/C21H19ClFNO3/c1-12(2)10-17(25)18-19(15-8-3-4-9-16(15)23)24(21(27)20(18)26)14-7-5-6-13(22)11-14/h3-9,11-12,19,26H,10H2,1-2H3. The minimum atomic E-state index is -1.05. The van der Waals surface area contributed by atoms with E-state index in [4.69, 9.17) is 11.6 Å². The Labute approximate surface area is 161 Å². The molecule has 0 radical (unpaired) electrons. The van der Waals surface area contributed by atoms with Crippen LogP contribution in [0.15, 0.2) is 59.9 Å². The van der Waals surface area contributed by atoms with E-state index in [0.717, 1.165) is 0 Å². The van der Waals surface area contributed by atoms with Gasteiger partial charge in [-0.3, -0.25) is 14.5 Å². The molecular formula is C21H19ClFNO3. The van der Waals surface area contributed by atoms with Crippen LogP contribution in [-0.2, 0) is 9.59 Å². The first kappa shape index (κ1) is 19.1. The lowest BCUT2D eigenvalue weighted by Gasteiger charge is -2.27. The van der Waals surface area contributed by atoms with Crippen LogP contribution < -0.4 is 4.90 Å². The Hall–Kier alpha value is -2.66. The number of hydrogen-bond acceptors (Lipinski definition) is 3. The molecule has 1 aliphatic heterocycles. The van der Waals surface area contributed by atoms with Gasteiger partial charge in [0.05, 0.1) is 11.6 Å². The minimum absolute atomic E-state index is 0.0226. The number of aliphatic hydroxyl groups excluding tert-OH is 1. The SMILES string of the molecule is CC(C)CC(=O)C1=C(O)C(=O)N(c2cccc(Cl)c2)C1c1ccccc1F. The molecule has 0 spiro atoms. The van der Waals surface area contributed by atoms with Crippen LogP contribution in [0.1, 0.15) is 31.9 Å². The Kier molecular flexibility index (Phi) is 5.33.